The van der Waals surface area contributed by atoms with E-state index < -0.39 is 6.03 Å². The van der Waals surface area contributed by atoms with Crippen LogP contribution in [0.5, 0.6) is 0 Å². The van der Waals surface area contributed by atoms with Crippen LogP contribution in [0.2, 0.25) is 0 Å². The van der Waals surface area contributed by atoms with Gasteiger partial charge in [-0.25, -0.2) is 4.79 Å². The Labute approximate surface area is 85.9 Å². The molecule has 0 aliphatic rings. The predicted molar refractivity (Wildman–Crippen MR) is 50.6 cm³/mol. The van der Waals surface area contributed by atoms with E-state index >= 15 is 0 Å². The Morgan fingerprint density at radius 1 is 1.47 bits per heavy atom. The molecule has 0 spiro atoms. The molecule has 0 aliphatic heterocycles. The lowest BCUT2D eigenvalue weighted by atomic mass is 10.3. The second-order valence-electron chi connectivity index (χ2n) is 2.92. The number of anilines is 1. The number of hydrogen-bond donors (Lipinski definition) is 1. The molecule has 2 N–H and O–H groups in total. The molecule has 1 aromatic heterocycles. The number of amides is 1. The fourth-order valence-electron chi connectivity index (χ4n) is 0.955. The molecule has 1 aromatic rings. The molecule has 0 radical (unpaired) electrons. The topological polar surface area (TPSA) is 112 Å². The van der Waals surface area contributed by atoms with E-state index in [4.69, 9.17) is 16.3 Å². The molecule has 76 valence electrons. The maximum Gasteiger partial charge on any atom is 0.346 e. The van der Waals surface area contributed by atoms with E-state index in [1.165, 1.54) is 19.0 Å². The molecular weight excluding hydrogens is 196 g/mol. The maximum atomic E-state index is 11.5. The Bertz CT molecular complexity index is 486. The SMILES string of the molecule is CN(C)C(=O)n1nc(C#N)c(C#N)c1N. The molecule has 1 amide bonds. The highest BCUT2D eigenvalue weighted by Gasteiger charge is 2.20. The van der Waals surface area contributed by atoms with E-state index in [1.807, 2.05) is 0 Å². The van der Waals surface area contributed by atoms with Crippen LogP contribution in [0.25, 0.3) is 0 Å². The first-order valence-corrected chi connectivity index (χ1v) is 3.93. The van der Waals surface area contributed by atoms with Crippen molar-refractivity contribution in [3.05, 3.63) is 11.3 Å². The number of rotatable bonds is 0. The van der Waals surface area contributed by atoms with Gasteiger partial charge in [0.25, 0.3) is 0 Å². The zero-order chi connectivity index (χ0) is 11.6. The van der Waals surface area contributed by atoms with Crippen LogP contribution in [-0.2, 0) is 0 Å². The van der Waals surface area contributed by atoms with Crippen LogP contribution in [-0.4, -0.2) is 34.8 Å². The summed E-state index contributed by atoms with van der Waals surface area (Å²) < 4.78 is 0.830. The Hall–Kier alpha value is -2.54. The van der Waals surface area contributed by atoms with Crippen molar-refractivity contribution in [2.24, 2.45) is 0 Å². The third-order valence-corrected chi connectivity index (χ3v) is 1.70. The fourth-order valence-corrected chi connectivity index (χ4v) is 0.955. The molecule has 0 atom stereocenters. The van der Waals surface area contributed by atoms with Crippen molar-refractivity contribution in [2.75, 3.05) is 19.8 Å². The molecule has 1 heterocycles. The van der Waals surface area contributed by atoms with Gasteiger partial charge in [0.1, 0.15) is 17.7 Å². The monoisotopic (exact) mass is 204 g/mol. The van der Waals surface area contributed by atoms with E-state index in [9.17, 15) is 4.79 Å². The Kier molecular flexibility index (Phi) is 2.59. The highest BCUT2D eigenvalue weighted by atomic mass is 16.2. The van der Waals surface area contributed by atoms with Gasteiger partial charge in [-0.1, -0.05) is 0 Å². The summed E-state index contributed by atoms with van der Waals surface area (Å²) in [5.74, 6) is -0.118. The van der Waals surface area contributed by atoms with Crippen LogP contribution in [0.4, 0.5) is 10.6 Å². The van der Waals surface area contributed by atoms with Crippen LogP contribution in [0.15, 0.2) is 0 Å². The minimum atomic E-state index is -0.509. The van der Waals surface area contributed by atoms with Gasteiger partial charge in [0, 0.05) is 14.1 Å². The minimum absolute atomic E-state index is 0.0762. The third-order valence-electron chi connectivity index (χ3n) is 1.70. The molecule has 15 heavy (non-hydrogen) atoms. The smallest absolute Gasteiger partial charge is 0.346 e. The van der Waals surface area contributed by atoms with Crippen LogP contribution < -0.4 is 5.73 Å². The van der Waals surface area contributed by atoms with Gasteiger partial charge in [-0.3, -0.25) is 0 Å². The van der Waals surface area contributed by atoms with Crippen LogP contribution in [0, 0.1) is 22.7 Å². The molecular formula is C8H8N6O. The Morgan fingerprint density at radius 2 is 2.07 bits per heavy atom. The molecule has 0 saturated carbocycles. The van der Waals surface area contributed by atoms with Crippen molar-refractivity contribution in [2.45, 2.75) is 0 Å². The number of nitrogens with two attached hydrogens (primary N) is 1. The summed E-state index contributed by atoms with van der Waals surface area (Å²) in [4.78, 5) is 12.7. The molecule has 0 aliphatic carbocycles. The Morgan fingerprint density at radius 3 is 2.40 bits per heavy atom. The molecule has 7 heteroatoms. The van der Waals surface area contributed by atoms with E-state index in [1.54, 1.807) is 12.1 Å². The lowest BCUT2D eigenvalue weighted by molar-refractivity contribution is 0.216. The largest absolute Gasteiger partial charge is 0.382 e. The zero-order valence-electron chi connectivity index (χ0n) is 8.22. The number of carbonyl (C=O) groups is 1. The Balaban J connectivity index is 3.37. The summed E-state index contributed by atoms with van der Waals surface area (Å²) in [5, 5.41) is 21.0. The van der Waals surface area contributed by atoms with E-state index in [0.29, 0.717) is 0 Å². The standard InChI is InChI=1S/C8H8N6O/c1-13(2)8(15)14-7(11)5(3-9)6(4-10)12-14/h11H2,1-2H3. The van der Waals surface area contributed by atoms with Gasteiger partial charge in [-0.2, -0.15) is 15.2 Å². The first-order valence-electron chi connectivity index (χ1n) is 3.93. The van der Waals surface area contributed by atoms with Gasteiger partial charge in [0.2, 0.25) is 0 Å². The minimum Gasteiger partial charge on any atom is -0.382 e. The average Bonchev–Trinajstić information content (AvgIpc) is 2.53. The molecule has 0 unspecified atom stereocenters. The second-order valence-corrected chi connectivity index (χ2v) is 2.92. The second kappa shape index (κ2) is 3.68. The van der Waals surface area contributed by atoms with Crippen molar-refractivity contribution in [1.29, 1.82) is 10.5 Å². The van der Waals surface area contributed by atoms with Gasteiger partial charge in [0.05, 0.1) is 0 Å². The lowest BCUT2D eigenvalue weighted by Gasteiger charge is -2.09. The number of nitrogen functional groups attached to an aromatic ring is 1. The van der Waals surface area contributed by atoms with Crippen molar-refractivity contribution in [3.8, 4) is 12.1 Å². The van der Waals surface area contributed by atoms with Crippen molar-refractivity contribution < 1.29 is 4.79 Å². The zero-order valence-corrected chi connectivity index (χ0v) is 8.22. The van der Waals surface area contributed by atoms with Gasteiger partial charge in [-0.15, -0.1) is 5.10 Å². The van der Waals surface area contributed by atoms with E-state index in [0.717, 1.165) is 4.68 Å². The summed E-state index contributed by atoms with van der Waals surface area (Å²) in [5.41, 5.74) is 5.28. The van der Waals surface area contributed by atoms with Gasteiger partial charge >= 0.3 is 6.03 Å². The number of carbonyl (C=O) groups excluding carboxylic acids is 1. The third kappa shape index (κ3) is 1.58. The average molecular weight is 204 g/mol. The summed E-state index contributed by atoms with van der Waals surface area (Å²) in [6, 6.07) is 2.91. The first kappa shape index (κ1) is 10.5. The number of nitriles is 2. The molecule has 7 nitrogen and oxygen atoms in total. The number of aromatic nitrogens is 2. The van der Waals surface area contributed by atoms with Crippen LogP contribution >= 0.6 is 0 Å². The quantitative estimate of drug-likeness (QED) is 0.625. The molecule has 1 rings (SSSR count). The van der Waals surface area contributed by atoms with Gasteiger partial charge < -0.3 is 10.6 Å². The first-order chi connectivity index (χ1) is 7.02. The molecule has 0 aromatic carbocycles. The maximum absolute atomic E-state index is 11.5. The van der Waals surface area contributed by atoms with Crippen LogP contribution in [0.3, 0.4) is 0 Å². The summed E-state index contributed by atoms with van der Waals surface area (Å²) in [6.45, 7) is 0. The summed E-state index contributed by atoms with van der Waals surface area (Å²) in [6.07, 6.45) is 0. The van der Waals surface area contributed by atoms with Crippen molar-refractivity contribution in [3.63, 3.8) is 0 Å². The normalized spacial score (nSPS) is 9.07. The number of hydrogen-bond acceptors (Lipinski definition) is 5. The summed E-state index contributed by atoms with van der Waals surface area (Å²) >= 11 is 0. The van der Waals surface area contributed by atoms with E-state index in [2.05, 4.69) is 5.10 Å². The van der Waals surface area contributed by atoms with Crippen molar-refractivity contribution in [1.82, 2.24) is 14.7 Å². The highest BCUT2D eigenvalue weighted by Crippen LogP contribution is 2.15. The lowest BCUT2D eigenvalue weighted by Crippen LogP contribution is -2.29. The highest BCUT2D eigenvalue weighted by molar-refractivity contribution is 5.80. The molecule has 0 bridgehead atoms. The molecule has 0 saturated heterocycles. The van der Waals surface area contributed by atoms with Crippen LogP contribution in [0.1, 0.15) is 11.3 Å². The summed E-state index contributed by atoms with van der Waals surface area (Å²) in [7, 11) is 3.03. The van der Waals surface area contributed by atoms with E-state index in [-0.39, 0.29) is 17.1 Å². The molecule has 0 fully saturated rings. The predicted octanol–water partition coefficient (Wildman–Crippen LogP) is -0.262. The fraction of sp³-hybridized carbons (Fsp3) is 0.250. The van der Waals surface area contributed by atoms with Gasteiger partial charge in [-0.05, 0) is 0 Å². The van der Waals surface area contributed by atoms with Crippen molar-refractivity contribution >= 4 is 11.8 Å². The number of nitrogens with zero attached hydrogens (tertiary/aromatic N) is 5. The van der Waals surface area contributed by atoms with Gasteiger partial charge in [0.15, 0.2) is 11.5 Å².